The summed E-state index contributed by atoms with van der Waals surface area (Å²) in [6, 6.07) is 3.60. The summed E-state index contributed by atoms with van der Waals surface area (Å²) in [6.07, 6.45) is 1.00. The molecule has 0 spiro atoms. The number of carbonyl (C=O) groups is 2. The van der Waals surface area contributed by atoms with E-state index in [2.05, 4.69) is 10.6 Å². The highest BCUT2D eigenvalue weighted by molar-refractivity contribution is 5.90. The normalized spacial score (nSPS) is 17.8. The number of hydrogen-bond acceptors (Lipinski definition) is 3. The molecule has 20 heavy (non-hydrogen) atoms. The number of amides is 2. The second kappa shape index (κ2) is 5.94. The van der Waals surface area contributed by atoms with Gasteiger partial charge in [0.1, 0.15) is 11.8 Å². The molecule has 1 aliphatic heterocycles. The average molecular weight is 276 g/mol. The topological polar surface area (TPSA) is 67.4 Å². The number of methoxy groups -OCH3 is 1. The maximum absolute atomic E-state index is 11.9. The van der Waals surface area contributed by atoms with Gasteiger partial charge in [-0.15, -0.1) is 0 Å². The van der Waals surface area contributed by atoms with Crippen LogP contribution in [0.15, 0.2) is 12.1 Å². The van der Waals surface area contributed by atoms with Gasteiger partial charge >= 0.3 is 0 Å². The molecule has 2 amide bonds. The standard InChI is InChI=1S/C15H20N2O3/c1-9-7-13(20-3)10(2)6-11(9)8-16-15(19)12-4-5-14(18)17-12/h6-7,12H,4-5,8H2,1-3H3,(H,16,19)(H,17,18). The van der Waals surface area contributed by atoms with Crippen LogP contribution in [-0.4, -0.2) is 25.0 Å². The van der Waals surface area contributed by atoms with Crippen LogP contribution < -0.4 is 15.4 Å². The molecule has 0 aliphatic carbocycles. The first-order valence-electron chi connectivity index (χ1n) is 6.72. The summed E-state index contributed by atoms with van der Waals surface area (Å²) in [5.74, 6) is 0.672. The Balaban J connectivity index is 1.98. The largest absolute Gasteiger partial charge is 0.496 e. The molecular formula is C15H20N2O3. The average Bonchev–Trinajstić information content (AvgIpc) is 2.85. The Morgan fingerprint density at radius 3 is 2.75 bits per heavy atom. The van der Waals surface area contributed by atoms with E-state index >= 15 is 0 Å². The molecule has 2 rings (SSSR count). The molecule has 1 heterocycles. The highest BCUT2D eigenvalue weighted by Crippen LogP contribution is 2.22. The van der Waals surface area contributed by atoms with Gasteiger partial charge in [-0.05, 0) is 43.0 Å². The number of hydrogen-bond donors (Lipinski definition) is 2. The van der Waals surface area contributed by atoms with Crippen LogP contribution in [0.2, 0.25) is 0 Å². The second-order valence-corrected chi connectivity index (χ2v) is 5.12. The van der Waals surface area contributed by atoms with E-state index in [1.54, 1.807) is 7.11 Å². The van der Waals surface area contributed by atoms with Crippen LogP contribution in [0.1, 0.15) is 29.5 Å². The Labute approximate surface area is 118 Å². The second-order valence-electron chi connectivity index (χ2n) is 5.12. The van der Waals surface area contributed by atoms with Crippen LogP contribution in [-0.2, 0) is 16.1 Å². The van der Waals surface area contributed by atoms with Crippen LogP contribution in [0.25, 0.3) is 0 Å². The predicted octanol–water partition coefficient (Wildman–Crippen LogP) is 1.21. The third-order valence-corrected chi connectivity index (χ3v) is 3.62. The maximum Gasteiger partial charge on any atom is 0.242 e. The Kier molecular flexibility index (Phi) is 4.27. The molecule has 0 saturated carbocycles. The lowest BCUT2D eigenvalue weighted by atomic mass is 10.0. The quantitative estimate of drug-likeness (QED) is 0.868. The monoisotopic (exact) mass is 276 g/mol. The summed E-state index contributed by atoms with van der Waals surface area (Å²) >= 11 is 0. The Bertz CT molecular complexity index is 540. The summed E-state index contributed by atoms with van der Waals surface area (Å²) < 4.78 is 5.26. The van der Waals surface area contributed by atoms with E-state index in [1.807, 2.05) is 26.0 Å². The summed E-state index contributed by atoms with van der Waals surface area (Å²) in [5, 5.41) is 5.54. The van der Waals surface area contributed by atoms with Crippen LogP contribution in [0.5, 0.6) is 5.75 Å². The van der Waals surface area contributed by atoms with Gasteiger partial charge in [0.15, 0.2) is 0 Å². The SMILES string of the molecule is COc1cc(C)c(CNC(=O)C2CCC(=O)N2)cc1C. The van der Waals surface area contributed by atoms with Crippen molar-refractivity contribution in [3.63, 3.8) is 0 Å². The van der Waals surface area contributed by atoms with Crippen molar-refractivity contribution in [1.29, 1.82) is 0 Å². The molecule has 1 fully saturated rings. The minimum atomic E-state index is -0.387. The lowest BCUT2D eigenvalue weighted by Crippen LogP contribution is -2.41. The van der Waals surface area contributed by atoms with Gasteiger partial charge in [-0.3, -0.25) is 9.59 Å². The third-order valence-electron chi connectivity index (χ3n) is 3.62. The molecule has 1 aromatic rings. The van der Waals surface area contributed by atoms with E-state index in [-0.39, 0.29) is 17.9 Å². The van der Waals surface area contributed by atoms with Gasteiger partial charge < -0.3 is 15.4 Å². The molecule has 1 aliphatic rings. The molecule has 5 nitrogen and oxygen atoms in total. The fraction of sp³-hybridized carbons (Fsp3) is 0.467. The van der Waals surface area contributed by atoms with Crippen molar-refractivity contribution in [3.8, 4) is 5.75 Å². The highest BCUT2D eigenvalue weighted by atomic mass is 16.5. The Morgan fingerprint density at radius 1 is 1.40 bits per heavy atom. The molecule has 1 aromatic carbocycles. The van der Waals surface area contributed by atoms with Gasteiger partial charge in [-0.25, -0.2) is 0 Å². The highest BCUT2D eigenvalue weighted by Gasteiger charge is 2.26. The molecule has 5 heteroatoms. The van der Waals surface area contributed by atoms with Gasteiger partial charge in [-0.2, -0.15) is 0 Å². The van der Waals surface area contributed by atoms with Crippen molar-refractivity contribution < 1.29 is 14.3 Å². The minimum Gasteiger partial charge on any atom is -0.496 e. The van der Waals surface area contributed by atoms with Gasteiger partial charge in [-0.1, -0.05) is 6.07 Å². The summed E-state index contributed by atoms with van der Waals surface area (Å²) in [6.45, 7) is 4.42. The van der Waals surface area contributed by atoms with Crippen LogP contribution >= 0.6 is 0 Å². The smallest absolute Gasteiger partial charge is 0.242 e. The van der Waals surface area contributed by atoms with Crippen molar-refractivity contribution >= 4 is 11.8 Å². The van der Waals surface area contributed by atoms with Gasteiger partial charge in [0, 0.05) is 13.0 Å². The third kappa shape index (κ3) is 3.10. The number of nitrogens with one attached hydrogen (secondary N) is 2. The number of aryl methyl sites for hydroxylation is 2. The number of rotatable bonds is 4. The lowest BCUT2D eigenvalue weighted by molar-refractivity contribution is -0.125. The molecule has 0 aromatic heterocycles. The summed E-state index contributed by atoms with van der Waals surface area (Å²) in [7, 11) is 1.64. The first-order valence-corrected chi connectivity index (χ1v) is 6.72. The molecule has 1 saturated heterocycles. The van der Waals surface area contributed by atoms with Gasteiger partial charge in [0.05, 0.1) is 7.11 Å². The van der Waals surface area contributed by atoms with Crippen molar-refractivity contribution in [2.24, 2.45) is 0 Å². The van der Waals surface area contributed by atoms with Gasteiger partial charge in [0.25, 0.3) is 0 Å². The van der Waals surface area contributed by atoms with E-state index in [1.165, 1.54) is 0 Å². The molecular weight excluding hydrogens is 256 g/mol. The molecule has 0 radical (unpaired) electrons. The van der Waals surface area contributed by atoms with E-state index in [9.17, 15) is 9.59 Å². The Hall–Kier alpha value is -2.04. The van der Waals surface area contributed by atoms with Crippen LogP contribution in [0.3, 0.4) is 0 Å². The first-order chi connectivity index (χ1) is 9.51. The number of benzene rings is 1. The lowest BCUT2D eigenvalue weighted by Gasteiger charge is -2.14. The summed E-state index contributed by atoms with van der Waals surface area (Å²) in [4.78, 5) is 23.0. The predicted molar refractivity (Wildman–Crippen MR) is 75.5 cm³/mol. The number of ether oxygens (including phenoxy) is 1. The molecule has 2 N–H and O–H groups in total. The van der Waals surface area contributed by atoms with E-state index in [0.717, 1.165) is 22.4 Å². The minimum absolute atomic E-state index is 0.0541. The van der Waals surface area contributed by atoms with Crippen LogP contribution in [0.4, 0.5) is 0 Å². The first kappa shape index (κ1) is 14.4. The van der Waals surface area contributed by atoms with Crippen molar-refractivity contribution in [1.82, 2.24) is 10.6 Å². The van der Waals surface area contributed by atoms with Crippen molar-refractivity contribution in [2.75, 3.05) is 7.11 Å². The Morgan fingerprint density at radius 2 is 2.15 bits per heavy atom. The molecule has 0 bridgehead atoms. The van der Waals surface area contributed by atoms with Crippen molar-refractivity contribution in [2.45, 2.75) is 39.3 Å². The fourth-order valence-electron chi connectivity index (χ4n) is 2.38. The molecule has 1 atom stereocenters. The zero-order valence-corrected chi connectivity index (χ0v) is 12.1. The zero-order valence-electron chi connectivity index (χ0n) is 12.1. The van der Waals surface area contributed by atoms with E-state index in [4.69, 9.17) is 4.74 Å². The zero-order chi connectivity index (χ0) is 14.7. The molecule has 108 valence electrons. The van der Waals surface area contributed by atoms with Gasteiger partial charge in [0.2, 0.25) is 11.8 Å². The van der Waals surface area contributed by atoms with Crippen molar-refractivity contribution in [3.05, 3.63) is 28.8 Å². The summed E-state index contributed by atoms with van der Waals surface area (Å²) in [5.41, 5.74) is 3.17. The fourth-order valence-corrected chi connectivity index (χ4v) is 2.38. The molecule has 1 unspecified atom stereocenters. The van der Waals surface area contributed by atoms with E-state index < -0.39 is 0 Å². The van der Waals surface area contributed by atoms with E-state index in [0.29, 0.717) is 19.4 Å². The number of carbonyl (C=O) groups excluding carboxylic acids is 2. The van der Waals surface area contributed by atoms with Crippen LogP contribution in [0, 0.1) is 13.8 Å². The maximum atomic E-state index is 11.9.